The summed E-state index contributed by atoms with van der Waals surface area (Å²) in [6.45, 7) is 0.773. The van der Waals surface area contributed by atoms with Gasteiger partial charge in [0.25, 0.3) is 0 Å². The summed E-state index contributed by atoms with van der Waals surface area (Å²) in [7, 11) is 1.71. The average molecular weight is 273 g/mol. The van der Waals surface area contributed by atoms with E-state index in [4.69, 9.17) is 10.6 Å². The monoisotopic (exact) mass is 272 g/mol. The molecule has 0 saturated heterocycles. The van der Waals surface area contributed by atoms with E-state index in [2.05, 4.69) is 33.5 Å². The molecule has 1 aromatic carbocycles. The van der Waals surface area contributed by atoms with E-state index in [-0.39, 0.29) is 6.04 Å². The van der Waals surface area contributed by atoms with Gasteiger partial charge in [-0.05, 0) is 30.5 Å². The van der Waals surface area contributed by atoms with Crippen LogP contribution in [-0.4, -0.2) is 13.7 Å². The van der Waals surface area contributed by atoms with E-state index in [0.29, 0.717) is 0 Å². The van der Waals surface area contributed by atoms with E-state index in [1.54, 1.807) is 7.11 Å². The molecule has 0 aliphatic carbocycles. The summed E-state index contributed by atoms with van der Waals surface area (Å²) < 4.78 is 6.10. The number of nitrogens with two attached hydrogens (primary N) is 1. The van der Waals surface area contributed by atoms with Gasteiger partial charge in [-0.25, -0.2) is 0 Å². The predicted molar refractivity (Wildman–Crippen MR) is 65.3 cm³/mol. The number of rotatable bonds is 6. The number of hydrazine groups is 1. The Labute approximate surface area is 99.1 Å². The SMILES string of the molecule is COCCCC(NN)c1ccc(Br)cc1. The fraction of sp³-hybridized carbons (Fsp3) is 0.455. The lowest BCUT2D eigenvalue weighted by Gasteiger charge is -2.16. The molecule has 0 saturated carbocycles. The zero-order valence-corrected chi connectivity index (χ0v) is 10.5. The number of ether oxygens (including phenoxy) is 1. The maximum Gasteiger partial charge on any atom is 0.0462 e. The van der Waals surface area contributed by atoms with Gasteiger partial charge in [-0.15, -0.1) is 0 Å². The third kappa shape index (κ3) is 4.30. The van der Waals surface area contributed by atoms with E-state index in [9.17, 15) is 0 Å². The molecular weight excluding hydrogens is 256 g/mol. The highest BCUT2D eigenvalue weighted by molar-refractivity contribution is 9.10. The molecule has 3 N–H and O–H groups in total. The summed E-state index contributed by atoms with van der Waals surface area (Å²) in [4.78, 5) is 0. The van der Waals surface area contributed by atoms with Gasteiger partial charge in [0, 0.05) is 24.2 Å². The molecule has 0 aliphatic heterocycles. The van der Waals surface area contributed by atoms with Crippen molar-refractivity contribution in [2.24, 2.45) is 5.84 Å². The molecule has 0 spiro atoms. The van der Waals surface area contributed by atoms with Crippen molar-refractivity contribution >= 4 is 15.9 Å². The molecule has 0 aromatic heterocycles. The van der Waals surface area contributed by atoms with Crippen LogP contribution in [0.1, 0.15) is 24.4 Å². The third-order valence-electron chi connectivity index (χ3n) is 2.31. The predicted octanol–water partition coefficient (Wildman–Crippen LogP) is 2.38. The second-order valence-corrected chi connectivity index (χ2v) is 4.32. The van der Waals surface area contributed by atoms with Crippen LogP contribution in [0, 0.1) is 0 Å². The minimum atomic E-state index is 0.202. The lowest BCUT2D eigenvalue weighted by atomic mass is 10.0. The van der Waals surface area contributed by atoms with E-state index >= 15 is 0 Å². The van der Waals surface area contributed by atoms with Gasteiger partial charge in [0.2, 0.25) is 0 Å². The first-order valence-electron chi connectivity index (χ1n) is 4.98. The van der Waals surface area contributed by atoms with Gasteiger partial charge < -0.3 is 4.74 Å². The Morgan fingerprint density at radius 2 is 2.07 bits per heavy atom. The normalized spacial score (nSPS) is 12.7. The fourth-order valence-corrected chi connectivity index (χ4v) is 1.74. The average Bonchev–Trinajstić information content (AvgIpc) is 2.26. The van der Waals surface area contributed by atoms with Crippen molar-refractivity contribution in [2.45, 2.75) is 18.9 Å². The topological polar surface area (TPSA) is 47.3 Å². The Hall–Kier alpha value is -0.420. The van der Waals surface area contributed by atoms with Crippen LogP contribution in [-0.2, 0) is 4.74 Å². The van der Waals surface area contributed by atoms with Crippen molar-refractivity contribution < 1.29 is 4.74 Å². The minimum Gasteiger partial charge on any atom is -0.385 e. The van der Waals surface area contributed by atoms with E-state index in [1.165, 1.54) is 5.56 Å². The standard InChI is InChI=1S/C11H17BrN2O/c1-15-8-2-3-11(14-13)9-4-6-10(12)7-5-9/h4-7,11,14H,2-3,8,13H2,1H3. The van der Waals surface area contributed by atoms with Crippen molar-refractivity contribution in [3.8, 4) is 0 Å². The van der Waals surface area contributed by atoms with E-state index in [0.717, 1.165) is 23.9 Å². The van der Waals surface area contributed by atoms with Gasteiger partial charge in [-0.3, -0.25) is 11.3 Å². The number of nitrogens with one attached hydrogen (secondary N) is 1. The molecular formula is C11H17BrN2O. The Bertz CT molecular complexity index is 276. The fourth-order valence-electron chi connectivity index (χ4n) is 1.47. The van der Waals surface area contributed by atoms with Gasteiger partial charge in [0.1, 0.15) is 0 Å². The molecule has 0 radical (unpaired) electrons. The molecule has 4 heteroatoms. The largest absolute Gasteiger partial charge is 0.385 e. The minimum absolute atomic E-state index is 0.202. The maximum absolute atomic E-state index is 5.52. The number of hydrogen-bond acceptors (Lipinski definition) is 3. The molecule has 1 atom stereocenters. The van der Waals surface area contributed by atoms with Gasteiger partial charge in [-0.1, -0.05) is 28.1 Å². The Balaban J connectivity index is 2.53. The van der Waals surface area contributed by atoms with Crippen LogP contribution in [0.4, 0.5) is 0 Å². The van der Waals surface area contributed by atoms with Gasteiger partial charge >= 0.3 is 0 Å². The highest BCUT2D eigenvalue weighted by Gasteiger charge is 2.08. The zero-order chi connectivity index (χ0) is 11.1. The second-order valence-electron chi connectivity index (χ2n) is 3.41. The van der Waals surface area contributed by atoms with Crippen LogP contribution >= 0.6 is 15.9 Å². The summed E-state index contributed by atoms with van der Waals surface area (Å²) >= 11 is 3.41. The number of hydrogen-bond donors (Lipinski definition) is 2. The van der Waals surface area contributed by atoms with Crippen LogP contribution in [0.2, 0.25) is 0 Å². The van der Waals surface area contributed by atoms with Crippen LogP contribution in [0.25, 0.3) is 0 Å². The first-order chi connectivity index (χ1) is 7.27. The highest BCUT2D eigenvalue weighted by Crippen LogP contribution is 2.19. The molecule has 1 rings (SSSR count). The molecule has 0 fully saturated rings. The van der Waals surface area contributed by atoms with Crippen molar-refractivity contribution in [1.29, 1.82) is 0 Å². The van der Waals surface area contributed by atoms with E-state index < -0.39 is 0 Å². The van der Waals surface area contributed by atoms with Crippen molar-refractivity contribution in [1.82, 2.24) is 5.43 Å². The van der Waals surface area contributed by atoms with E-state index in [1.807, 2.05) is 12.1 Å². The van der Waals surface area contributed by atoms with Crippen molar-refractivity contribution in [2.75, 3.05) is 13.7 Å². The smallest absolute Gasteiger partial charge is 0.0462 e. The van der Waals surface area contributed by atoms with Crippen LogP contribution in [0.5, 0.6) is 0 Å². The van der Waals surface area contributed by atoms with Crippen LogP contribution < -0.4 is 11.3 Å². The number of benzene rings is 1. The van der Waals surface area contributed by atoms with Gasteiger partial charge in [-0.2, -0.15) is 0 Å². The zero-order valence-electron chi connectivity index (χ0n) is 8.87. The molecule has 0 amide bonds. The Kier molecular flexibility index (Phi) is 5.86. The van der Waals surface area contributed by atoms with Gasteiger partial charge in [0.15, 0.2) is 0 Å². The quantitative estimate of drug-likeness (QED) is 0.475. The molecule has 3 nitrogen and oxygen atoms in total. The molecule has 84 valence electrons. The second kappa shape index (κ2) is 6.95. The molecule has 0 aliphatic rings. The number of methoxy groups -OCH3 is 1. The molecule has 0 heterocycles. The number of halogens is 1. The van der Waals surface area contributed by atoms with Crippen LogP contribution in [0.3, 0.4) is 0 Å². The molecule has 0 bridgehead atoms. The van der Waals surface area contributed by atoms with Crippen molar-refractivity contribution in [3.05, 3.63) is 34.3 Å². The first kappa shape index (κ1) is 12.6. The first-order valence-corrected chi connectivity index (χ1v) is 5.77. The molecule has 1 aromatic rings. The Morgan fingerprint density at radius 1 is 1.40 bits per heavy atom. The summed E-state index contributed by atoms with van der Waals surface area (Å²) in [5.41, 5.74) is 4.03. The molecule has 1 unspecified atom stereocenters. The lowest BCUT2D eigenvalue weighted by Crippen LogP contribution is -2.28. The van der Waals surface area contributed by atoms with Crippen molar-refractivity contribution in [3.63, 3.8) is 0 Å². The third-order valence-corrected chi connectivity index (χ3v) is 2.84. The maximum atomic E-state index is 5.52. The highest BCUT2D eigenvalue weighted by atomic mass is 79.9. The summed E-state index contributed by atoms with van der Waals surface area (Å²) in [6, 6.07) is 8.39. The summed E-state index contributed by atoms with van der Waals surface area (Å²) in [5.74, 6) is 5.52. The lowest BCUT2D eigenvalue weighted by molar-refractivity contribution is 0.189. The summed E-state index contributed by atoms with van der Waals surface area (Å²) in [5, 5.41) is 0. The van der Waals surface area contributed by atoms with Crippen LogP contribution in [0.15, 0.2) is 28.7 Å². The molecule has 15 heavy (non-hydrogen) atoms. The Morgan fingerprint density at radius 3 is 2.60 bits per heavy atom. The van der Waals surface area contributed by atoms with Gasteiger partial charge in [0.05, 0.1) is 0 Å². The summed E-state index contributed by atoms with van der Waals surface area (Å²) in [6.07, 6.45) is 1.98.